The highest BCUT2D eigenvalue weighted by Crippen LogP contribution is 2.18. The summed E-state index contributed by atoms with van der Waals surface area (Å²) in [6.45, 7) is 0.0739. The zero-order chi connectivity index (χ0) is 14.7. The molecule has 0 radical (unpaired) electrons. The molecule has 0 N–H and O–H groups in total. The van der Waals surface area contributed by atoms with Gasteiger partial charge in [-0.1, -0.05) is 11.2 Å². The molecule has 0 spiro atoms. The summed E-state index contributed by atoms with van der Waals surface area (Å²) < 4.78 is 36.3. The number of ether oxygens (including phenoxy) is 1. The fourth-order valence-corrected chi connectivity index (χ4v) is 1.73. The molecule has 6 heteroatoms. The van der Waals surface area contributed by atoms with Gasteiger partial charge >= 0.3 is 0 Å². The first-order chi connectivity index (χ1) is 10.2. The van der Waals surface area contributed by atoms with Crippen molar-refractivity contribution in [3.8, 4) is 17.2 Å². The summed E-state index contributed by atoms with van der Waals surface area (Å²) in [6, 6.07) is 11.5. The SMILES string of the molecule is Fc1ccc(OCc2noc(-c3cccc(F)c3)n2)cc1. The van der Waals surface area contributed by atoms with E-state index < -0.39 is 0 Å². The van der Waals surface area contributed by atoms with E-state index in [2.05, 4.69) is 10.1 Å². The van der Waals surface area contributed by atoms with Crippen LogP contribution in [0.1, 0.15) is 5.82 Å². The smallest absolute Gasteiger partial charge is 0.258 e. The molecule has 3 rings (SSSR count). The third-order valence-electron chi connectivity index (χ3n) is 2.72. The zero-order valence-electron chi connectivity index (χ0n) is 10.8. The minimum absolute atomic E-state index is 0.0739. The average molecular weight is 288 g/mol. The minimum Gasteiger partial charge on any atom is -0.485 e. The molecule has 21 heavy (non-hydrogen) atoms. The highest BCUT2D eigenvalue weighted by atomic mass is 19.1. The summed E-state index contributed by atoms with van der Waals surface area (Å²) in [5.41, 5.74) is 0.496. The summed E-state index contributed by atoms with van der Waals surface area (Å²) in [6.07, 6.45) is 0. The van der Waals surface area contributed by atoms with E-state index in [4.69, 9.17) is 9.26 Å². The van der Waals surface area contributed by atoms with Crippen molar-refractivity contribution in [3.05, 3.63) is 66.0 Å². The lowest BCUT2D eigenvalue weighted by molar-refractivity contribution is 0.286. The molecular formula is C15H10F2N2O2. The molecule has 0 saturated carbocycles. The number of benzene rings is 2. The third-order valence-corrected chi connectivity index (χ3v) is 2.72. The van der Waals surface area contributed by atoms with Crippen LogP contribution >= 0.6 is 0 Å². The first-order valence-corrected chi connectivity index (χ1v) is 6.17. The molecule has 4 nitrogen and oxygen atoms in total. The van der Waals surface area contributed by atoms with Crippen molar-refractivity contribution >= 4 is 0 Å². The van der Waals surface area contributed by atoms with Crippen LogP contribution < -0.4 is 4.74 Å². The Hall–Kier alpha value is -2.76. The number of nitrogens with zero attached hydrogens (tertiary/aromatic N) is 2. The summed E-state index contributed by atoms with van der Waals surface area (Å²) in [5.74, 6) is 0.310. The molecule has 0 atom stereocenters. The van der Waals surface area contributed by atoms with Crippen molar-refractivity contribution in [2.75, 3.05) is 0 Å². The van der Waals surface area contributed by atoms with Crippen LogP contribution in [0.3, 0.4) is 0 Å². The second-order valence-electron chi connectivity index (χ2n) is 4.27. The largest absolute Gasteiger partial charge is 0.485 e. The van der Waals surface area contributed by atoms with Gasteiger partial charge in [-0.15, -0.1) is 0 Å². The molecule has 106 valence electrons. The van der Waals surface area contributed by atoms with E-state index in [-0.39, 0.29) is 24.1 Å². The van der Waals surface area contributed by atoms with Gasteiger partial charge in [0, 0.05) is 5.56 Å². The Morgan fingerprint density at radius 1 is 1.00 bits per heavy atom. The van der Waals surface area contributed by atoms with Crippen LogP contribution in [-0.2, 0) is 6.61 Å². The second-order valence-corrected chi connectivity index (χ2v) is 4.27. The Balaban J connectivity index is 1.69. The second kappa shape index (κ2) is 5.70. The van der Waals surface area contributed by atoms with Crippen molar-refractivity contribution in [2.24, 2.45) is 0 Å². The number of aromatic nitrogens is 2. The molecule has 1 aromatic heterocycles. The van der Waals surface area contributed by atoms with E-state index in [0.29, 0.717) is 17.1 Å². The van der Waals surface area contributed by atoms with E-state index in [9.17, 15) is 8.78 Å². The normalized spacial score (nSPS) is 10.6. The van der Waals surface area contributed by atoms with E-state index in [0.717, 1.165) is 0 Å². The fraction of sp³-hybridized carbons (Fsp3) is 0.0667. The molecule has 0 unspecified atom stereocenters. The van der Waals surface area contributed by atoms with Gasteiger partial charge in [0.05, 0.1) is 0 Å². The van der Waals surface area contributed by atoms with Crippen LogP contribution in [0.2, 0.25) is 0 Å². The topological polar surface area (TPSA) is 48.2 Å². The Morgan fingerprint density at radius 3 is 2.57 bits per heavy atom. The Labute approximate surface area is 119 Å². The van der Waals surface area contributed by atoms with Gasteiger partial charge in [0.25, 0.3) is 5.89 Å². The summed E-state index contributed by atoms with van der Waals surface area (Å²) in [4.78, 5) is 4.11. The van der Waals surface area contributed by atoms with Gasteiger partial charge in [-0.2, -0.15) is 4.98 Å². The predicted molar refractivity (Wildman–Crippen MR) is 70.4 cm³/mol. The highest BCUT2D eigenvalue weighted by Gasteiger charge is 2.10. The van der Waals surface area contributed by atoms with Crippen LogP contribution in [-0.4, -0.2) is 10.1 Å². The lowest BCUT2D eigenvalue weighted by Gasteiger charge is -2.01. The van der Waals surface area contributed by atoms with Crippen LogP contribution in [0, 0.1) is 11.6 Å². The summed E-state index contributed by atoms with van der Waals surface area (Å²) in [5, 5.41) is 3.75. The van der Waals surface area contributed by atoms with Crippen LogP contribution in [0.25, 0.3) is 11.5 Å². The van der Waals surface area contributed by atoms with E-state index in [1.165, 1.54) is 36.4 Å². The molecule has 0 aliphatic rings. The fourth-order valence-electron chi connectivity index (χ4n) is 1.73. The van der Waals surface area contributed by atoms with Crippen LogP contribution in [0.15, 0.2) is 53.1 Å². The van der Waals surface area contributed by atoms with Crippen molar-refractivity contribution < 1.29 is 18.0 Å². The minimum atomic E-state index is -0.380. The third kappa shape index (κ3) is 3.22. The van der Waals surface area contributed by atoms with Crippen molar-refractivity contribution in [1.82, 2.24) is 10.1 Å². The number of rotatable bonds is 4. The van der Waals surface area contributed by atoms with Crippen molar-refractivity contribution in [2.45, 2.75) is 6.61 Å². The van der Waals surface area contributed by atoms with Crippen molar-refractivity contribution in [3.63, 3.8) is 0 Å². The molecule has 0 aliphatic carbocycles. The highest BCUT2D eigenvalue weighted by molar-refractivity contribution is 5.52. The number of hydrogen-bond donors (Lipinski definition) is 0. The lowest BCUT2D eigenvalue weighted by Crippen LogP contribution is -1.97. The zero-order valence-corrected chi connectivity index (χ0v) is 10.8. The van der Waals surface area contributed by atoms with E-state index >= 15 is 0 Å². The van der Waals surface area contributed by atoms with Gasteiger partial charge in [0.1, 0.15) is 17.4 Å². The molecule has 0 bridgehead atoms. The molecule has 0 saturated heterocycles. The average Bonchev–Trinajstić information content (AvgIpc) is 2.96. The monoisotopic (exact) mass is 288 g/mol. The van der Waals surface area contributed by atoms with E-state index in [1.807, 2.05) is 0 Å². The Kier molecular flexibility index (Phi) is 3.59. The quantitative estimate of drug-likeness (QED) is 0.736. The Bertz CT molecular complexity index is 741. The Morgan fingerprint density at radius 2 is 1.81 bits per heavy atom. The maximum atomic E-state index is 13.1. The summed E-state index contributed by atoms with van der Waals surface area (Å²) in [7, 11) is 0. The number of hydrogen-bond acceptors (Lipinski definition) is 4. The number of halogens is 2. The van der Waals surface area contributed by atoms with E-state index in [1.54, 1.807) is 12.1 Å². The first kappa shape index (κ1) is 13.2. The van der Waals surface area contributed by atoms with Crippen LogP contribution in [0.4, 0.5) is 8.78 Å². The first-order valence-electron chi connectivity index (χ1n) is 6.17. The van der Waals surface area contributed by atoms with Gasteiger partial charge in [-0.25, -0.2) is 8.78 Å². The summed E-state index contributed by atoms with van der Waals surface area (Å²) >= 11 is 0. The van der Waals surface area contributed by atoms with Gasteiger partial charge in [-0.05, 0) is 42.5 Å². The molecule has 0 fully saturated rings. The predicted octanol–water partition coefficient (Wildman–Crippen LogP) is 3.59. The molecule has 0 amide bonds. The van der Waals surface area contributed by atoms with Crippen molar-refractivity contribution in [1.29, 1.82) is 0 Å². The van der Waals surface area contributed by atoms with Crippen LogP contribution in [0.5, 0.6) is 5.75 Å². The maximum Gasteiger partial charge on any atom is 0.258 e. The molecular weight excluding hydrogens is 278 g/mol. The van der Waals surface area contributed by atoms with Gasteiger partial charge in [0.15, 0.2) is 6.61 Å². The molecule has 1 heterocycles. The van der Waals surface area contributed by atoms with Gasteiger partial charge in [0.2, 0.25) is 5.82 Å². The molecule has 3 aromatic rings. The standard InChI is InChI=1S/C15H10F2N2O2/c16-11-4-6-13(7-5-11)20-9-14-18-15(21-19-14)10-2-1-3-12(17)8-10/h1-8H,9H2. The van der Waals surface area contributed by atoms with Gasteiger partial charge < -0.3 is 9.26 Å². The molecule has 0 aliphatic heterocycles. The maximum absolute atomic E-state index is 13.1. The molecule has 2 aromatic carbocycles. The van der Waals surface area contributed by atoms with Gasteiger partial charge in [-0.3, -0.25) is 0 Å². The lowest BCUT2D eigenvalue weighted by atomic mass is 10.2.